The quantitative estimate of drug-likeness (QED) is 0.593. The third-order valence-corrected chi connectivity index (χ3v) is 7.69. The molecule has 1 N–H and O–H groups in total. The largest absolute Gasteiger partial charge is 0.343 e. The average Bonchev–Trinajstić information content (AvgIpc) is 3.26. The fraction of sp³-hybridized carbons (Fsp3) is 0.318. The second-order valence-corrected chi connectivity index (χ2v) is 10.2. The molecule has 1 unspecified atom stereocenters. The van der Waals surface area contributed by atoms with Gasteiger partial charge in [0.05, 0.1) is 18.1 Å². The van der Waals surface area contributed by atoms with Crippen LogP contribution in [0.3, 0.4) is 0 Å². The Morgan fingerprint density at radius 2 is 1.84 bits per heavy atom. The first-order chi connectivity index (χ1) is 15.3. The molecule has 0 saturated carbocycles. The minimum absolute atomic E-state index is 0.0383. The van der Waals surface area contributed by atoms with Crippen LogP contribution < -0.4 is 5.32 Å². The lowest BCUT2D eigenvalue weighted by Crippen LogP contribution is -2.43. The van der Waals surface area contributed by atoms with Crippen LogP contribution >= 0.6 is 11.6 Å². The van der Waals surface area contributed by atoms with Crippen LogP contribution in [0.5, 0.6) is 0 Å². The lowest BCUT2D eigenvalue weighted by molar-refractivity contribution is 0.0906. The summed E-state index contributed by atoms with van der Waals surface area (Å²) in [6.45, 7) is 0.702. The summed E-state index contributed by atoms with van der Waals surface area (Å²) in [5, 5.41) is 3.71. The molecule has 1 saturated heterocycles. The second-order valence-electron chi connectivity index (χ2n) is 7.83. The molecular weight excluding hydrogens is 450 g/mol. The number of amides is 1. The number of aromatic nitrogens is 3. The molecule has 1 aliphatic heterocycles. The molecule has 2 aromatic heterocycles. The molecule has 3 aromatic rings. The number of pyridine rings is 1. The van der Waals surface area contributed by atoms with Gasteiger partial charge in [-0.15, -0.1) is 0 Å². The van der Waals surface area contributed by atoms with Crippen molar-refractivity contribution in [2.24, 2.45) is 13.0 Å². The van der Waals surface area contributed by atoms with Crippen molar-refractivity contribution in [2.45, 2.75) is 23.9 Å². The lowest BCUT2D eigenvalue weighted by atomic mass is 9.87. The van der Waals surface area contributed by atoms with Crippen LogP contribution in [0.4, 0.5) is 0 Å². The highest BCUT2D eigenvalue weighted by atomic mass is 35.5. The number of carbonyl (C=O) groups is 1. The van der Waals surface area contributed by atoms with E-state index in [0.717, 1.165) is 5.69 Å². The highest BCUT2D eigenvalue weighted by Gasteiger charge is 2.35. The van der Waals surface area contributed by atoms with E-state index < -0.39 is 10.0 Å². The molecule has 1 fully saturated rings. The van der Waals surface area contributed by atoms with Crippen LogP contribution in [0, 0.1) is 5.92 Å². The summed E-state index contributed by atoms with van der Waals surface area (Å²) >= 11 is 5.93. The van der Waals surface area contributed by atoms with E-state index in [-0.39, 0.29) is 22.9 Å². The van der Waals surface area contributed by atoms with Crippen molar-refractivity contribution in [3.05, 3.63) is 77.5 Å². The number of nitrogens with zero attached hydrogens (tertiary/aromatic N) is 4. The molecule has 0 spiro atoms. The number of benzene rings is 1. The Balaban J connectivity index is 1.50. The van der Waals surface area contributed by atoms with Gasteiger partial charge in [0.2, 0.25) is 0 Å². The molecule has 1 aliphatic rings. The van der Waals surface area contributed by atoms with E-state index in [4.69, 9.17) is 11.6 Å². The fourth-order valence-electron chi connectivity index (χ4n) is 3.92. The topological polar surface area (TPSA) is 97.2 Å². The summed E-state index contributed by atoms with van der Waals surface area (Å²) in [5.74, 6) is -0.183. The number of carbonyl (C=O) groups excluding carboxylic acids is 1. The molecule has 1 atom stereocenters. The second kappa shape index (κ2) is 9.40. The zero-order valence-electron chi connectivity index (χ0n) is 17.6. The van der Waals surface area contributed by atoms with Gasteiger partial charge in [0, 0.05) is 43.1 Å². The minimum atomic E-state index is -3.64. The number of aryl methyl sites for hydroxylation is 1. The number of hydrogen-bond acceptors (Lipinski definition) is 5. The first-order valence-corrected chi connectivity index (χ1v) is 12.1. The van der Waals surface area contributed by atoms with Crippen molar-refractivity contribution in [1.82, 2.24) is 24.2 Å². The number of rotatable bonds is 6. The van der Waals surface area contributed by atoms with E-state index in [9.17, 15) is 13.2 Å². The summed E-state index contributed by atoms with van der Waals surface area (Å²) in [4.78, 5) is 21.3. The Hall–Kier alpha value is -2.75. The van der Waals surface area contributed by atoms with Crippen molar-refractivity contribution in [1.29, 1.82) is 0 Å². The minimum Gasteiger partial charge on any atom is -0.343 e. The maximum Gasteiger partial charge on any atom is 0.262 e. The number of piperidine rings is 1. The van der Waals surface area contributed by atoms with Gasteiger partial charge in [-0.3, -0.25) is 9.78 Å². The molecule has 8 nitrogen and oxygen atoms in total. The van der Waals surface area contributed by atoms with Crippen molar-refractivity contribution in [3.63, 3.8) is 0 Å². The number of sulfonamides is 1. The number of halogens is 1. The predicted molar refractivity (Wildman–Crippen MR) is 121 cm³/mol. The standard InChI is InChI=1S/C22H24ClN5O3S/c1-27-14-20(25-15-27)32(30,31)28-12-9-16(10-13-28)21(19-4-2-3-11-24-19)26-22(29)17-5-7-18(23)8-6-17/h2-8,11,14-16,21H,9-10,12-13H2,1H3,(H,26,29). The van der Waals surface area contributed by atoms with E-state index in [1.54, 1.807) is 42.1 Å². The molecule has 3 heterocycles. The molecule has 4 rings (SSSR count). The fourth-order valence-corrected chi connectivity index (χ4v) is 5.48. The van der Waals surface area contributed by atoms with Crippen LogP contribution in [-0.2, 0) is 17.1 Å². The van der Waals surface area contributed by atoms with Crippen molar-refractivity contribution in [2.75, 3.05) is 13.1 Å². The first-order valence-electron chi connectivity index (χ1n) is 10.3. The normalized spacial score (nSPS) is 16.6. The zero-order chi connectivity index (χ0) is 22.7. The average molecular weight is 474 g/mol. The summed E-state index contributed by atoms with van der Waals surface area (Å²) in [7, 11) is -1.90. The Morgan fingerprint density at radius 1 is 1.12 bits per heavy atom. The van der Waals surface area contributed by atoms with Gasteiger partial charge >= 0.3 is 0 Å². The monoisotopic (exact) mass is 473 g/mol. The molecular formula is C22H24ClN5O3S. The summed E-state index contributed by atoms with van der Waals surface area (Å²) in [6, 6.07) is 11.9. The molecule has 168 valence electrons. The first kappa shape index (κ1) is 22.4. The third kappa shape index (κ3) is 4.85. The molecule has 1 aromatic carbocycles. The van der Waals surface area contributed by atoms with Gasteiger partial charge < -0.3 is 9.88 Å². The van der Waals surface area contributed by atoms with Crippen LogP contribution in [0.2, 0.25) is 5.02 Å². The maximum absolute atomic E-state index is 12.9. The van der Waals surface area contributed by atoms with Gasteiger partial charge in [-0.2, -0.15) is 4.31 Å². The van der Waals surface area contributed by atoms with Crippen molar-refractivity contribution in [3.8, 4) is 0 Å². The van der Waals surface area contributed by atoms with E-state index >= 15 is 0 Å². The SMILES string of the molecule is Cn1cnc(S(=O)(=O)N2CCC(C(NC(=O)c3ccc(Cl)cc3)c3ccccn3)CC2)c1. The van der Waals surface area contributed by atoms with Crippen LogP contribution in [0.1, 0.15) is 34.9 Å². The van der Waals surface area contributed by atoms with E-state index in [1.807, 2.05) is 18.2 Å². The van der Waals surface area contributed by atoms with Gasteiger partial charge in [-0.25, -0.2) is 13.4 Å². The van der Waals surface area contributed by atoms with Crippen LogP contribution in [0.25, 0.3) is 0 Å². The lowest BCUT2D eigenvalue weighted by Gasteiger charge is -2.35. The van der Waals surface area contributed by atoms with E-state index in [0.29, 0.717) is 36.5 Å². The Morgan fingerprint density at radius 3 is 2.44 bits per heavy atom. The predicted octanol–water partition coefficient (Wildman–Crippen LogP) is 3.04. The number of hydrogen-bond donors (Lipinski definition) is 1. The number of imidazole rings is 1. The van der Waals surface area contributed by atoms with E-state index in [1.165, 1.54) is 16.8 Å². The molecule has 10 heteroatoms. The Bertz CT molecular complexity index is 1170. The summed E-state index contributed by atoms with van der Waals surface area (Å²) < 4.78 is 28.9. The van der Waals surface area contributed by atoms with Gasteiger partial charge in [-0.1, -0.05) is 17.7 Å². The highest BCUT2D eigenvalue weighted by molar-refractivity contribution is 7.89. The molecule has 0 aliphatic carbocycles. The van der Waals surface area contributed by atoms with E-state index in [2.05, 4.69) is 15.3 Å². The molecule has 0 radical (unpaired) electrons. The Kier molecular flexibility index (Phi) is 6.59. The molecule has 0 bridgehead atoms. The summed E-state index contributed by atoms with van der Waals surface area (Å²) in [5.41, 5.74) is 1.26. The maximum atomic E-state index is 12.9. The summed E-state index contributed by atoms with van der Waals surface area (Å²) in [6.07, 6.45) is 5.85. The van der Waals surface area contributed by atoms with Crippen LogP contribution in [0.15, 0.2) is 66.2 Å². The highest BCUT2D eigenvalue weighted by Crippen LogP contribution is 2.32. The Labute approximate surface area is 192 Å². The van der Waals surface area contributed by atoms with Gasteiger partial charge in [-0.05, 0) is 55.2 Å². The molecule has 32 heavy (non-hydrogen) atoms. The zero-order valence-corrected chi connectivity index (χ0v) is 19.1. The van der Waals surface area contributed by atoms with Crippen LogP contribution in [-0.4, -0.2) is 46.3 Å². The van der Waals surface area contributed by atoms with Crippen molar-refractivity contribution < 1.29 is 13.2 Å². The van der Waals surface area contributed by atoms with Gasteiger partial charge in [0.25, 0.3) is 15.9 Å². The van der Waals surface area contributed by atoms with Gasteiger partial charge in [0.15, 0.2) is 5.03 Å². The third-order valence-electron chi connectivity index (χ3n) is 5.65. The number of nitrogens with one attached hydrogen (secondary N) is 1. The molecule has 1 amide bonds. The van der Waals surface area contributed by atoms with Gasteiger partial charge in [0.1, 0.15) is 0 Å². The smallest absolute Gasteiger partial charge is 0.262 e. The van der Waals surface area contributed by atoms with Crippen molar-refractivity contribution >= 4 is 27.5 Å².